The number of aromatic nitrogens is 18. The van der Waals surface area contributed by atoms with Crippen molar-refractivity contribution >= 4 is 127 Å². The van der Waals surface area contributed by atoms with Gasteiger partial charge in [0.05, 0.1) is 24.9 Å². The van der Waals surface area contributed by atoms with Crippen molar-refractivity contribution in [2.24, 2.45) is 0 Å². The van der Waals surface area contributed by atoms with Crippen LogP contribution in [0.1, 0.15) is 131 Å². The SMILES string of the molecule is CC(C)(Oc1ccc(Cl)cc1)c1nnc(N)nc1N.CC(C)(Oc1ccc2ccccc2c1)c1nnc(N)nc1N.COc1ccc2cc(C(C)c3nnc(N)nc3N)ccc2c1.Nc1nnc(C(c2ccc(Cl)cc2)c2ccc(Cl)cc2)c(N)n1.Nc1nnc(C2c3ccccc3-c3ccccc32)c(N)n1.Nc1nnc(C2c3ccccc3Oc3ccccc32)c(N)n1. The molecule has 0 spiro atoms. The number of anilines is 12. The highest BCUT2D eigenvalue weighted by Gasteiger charge is 2.36. The van der Waals surface area contributed by atoms with Crippen molar-refractivity contribution in [2.75, 3.05) is 75.9 Å². The van der Waals surface area contributed by atoms with Crippen LogP contribution in [-0.2, 0) is 11.2 Å². The number of nitrogens with zero attached hydrogens (tertiary/aromatic N) is 18. The van der Waals surface area contributed by atoms with Gasteiger partial charge in [0.25, 0.3) is 0 Å². The molecule has 17 aromatic rings. The topological polar surface area (TPSA) is 581 Å². The minimum atomic E-state index is -0.786. The zero-order valence-electron chi connectivity index (χ0n) is 70.2. The zero-order valence-corrected chi connectivity index (χ0v) is 72.5. The van der Waals surface area contributed by atoms with Crippen molar-refractivity contribution in [1.29, 1.82) is 0 Å². The Hall–Kier alpha value is -16.3. The summed E-state index contributed by atoms with van der Waals surface area (Å²) in [5.74, 6) is 5.23. The van der Waals surface area contributed by atoms with Gasteiger partial charge >= 0.3 is 0 Å². The molecule has 1 aliphatic carbocycles. The van der Waals surface area contributed by atoms with E-state index >= 15 is 0 Å². The third kappa shape index (κ3) is 20.9. The summed E-state index contributed by atoms with van der Waals surface area (Å²) in [6, 6.07) is 80.2. The number of fused-ring (bicyclic) bond motifs is 7. The third-order valence-corrected chi connectivity index (χ3v) is 21.4. The summed E-state index contributed by atoms with van der Waals surface area (Å²) < 4.78 is 23.1. The fourth-order valence-corrected chi connectivity index (χ4v) is 15.0. The Morgan fingerprint density at radius 1 is 0.310 bits per heavy atom. The van der Waals surface area contributed by atoms with E-state index in [4.69, 9.17) is 123 Å². The number of rotatable bonds is 14. The molecule has 0 saturated heterocycles. The van der Waals surface area contributed by atoms with Gasteiger partial charge in [-0.2, -0.15) is 29.9 Å². The number of halogens is 3. The Morgan fingerprint density at radius 2 is 0.643 bits per heavy atom. The van der Waals surface area contributed by atoms with Gasteiger partial charge in [0.2, 0.25) is 35.7 Å². The summed E-state index contributed by atoms with van der Waals surface area (Å²) in [6.07, 6.45) is 0. The van der Waals surface area contributed by atoms with Crippen LogP contribution < -0.4 is 87.8 Å². The van der Waals surface area contributed by atoms with Gasteiger partial charge in [0.1, 0.15) is 62.9 Å². The fraction of sp³-hybridized carbons (Fsp3) is 0.130. The van der Waals surface area contributed by atoms with E-state index in [1.54, 1.807) is 31.4 Å². The molecule has 2 aliphatic rings. The van der Waals surface area contributed by atoms with Gasteiger partial charge in [0.15, 0.2) is 46.1 Å². The molecule has 1 unspecified atom stereocenters. The molecule has 6 aromatic heterocycles. The molecule has 1 atom stereocenters. The van der Waals surface area contributed by atoms with Crippen LogP contribution in [0.3, 0.4) is 0 Å². The molecule has 0 radical (unpaired) electrons. The highest BCUT2D eigenvalue weighted by atomic mass is 35.5. The summed E-state index contributed by atoms with van der Waals surface area (Å²) in [5.41, 5.74) is 80.1. The first-order valence-corrected chi connectivity index (χ1v) is 40.9. The highest BCUT2D eigenvalue weighted by molar-refractivity contribution is 6.31. The van der Waals surface area contributed by atoms with E-state index in [1.165, 1.54) is 22.3 Å². The molecule has 11 aromatic carbocycles. The minimum Gasteiger partial charge on any atom is -0.497 e. The minimum absolute atomic E-state index is 0.0212. The number of para-hydroxylation sites is 2. The molecule has 129 heavy (non-hydrogen) atoms. The van der Waals surface area contributed by atoms with Gasteiger partial charge in [0, 0.05) is 32.1 Å². The Balaban J connectivity index is 0.000000125. The Bertz CT molecular complexity index is 6760. The van der Waals surface area contributed by atoms with Crippen molar-refractivity contribution in [3.05, 3.63) is 337 Å². The second kappa shape index (κ2) is 38.8. The maximum atomic E-state index is 6.05. The van der Waals surface area contributed by atoms with Crippen LogP contribution in [0.25, 0.3) is 32.7 Å². The van der Waals surface area contributed by atoms with Crippen LogP contribution in [-0.4, -0.2) is 98.2 Å². The lowest BCUT2D eigenvalue weighted by Crippen LogP contribution is -2.29. The first kappa shape index (κ1) is 89.0. The predicted octanol–water partition coefficient (Wildman–Crippen LogP) is 14.9. The van der Waals surface area contributed by atoms with E-state index < -0.39 is 11.2 Å². The first-order chi connectivity index (χ1) is 61.9. The number of methoxy groups -OCH3 is 1. The summed E-state index contributed by atoms with van der Waals surface area (Å²) in [4.78, 5) is 23.9. The quantitative estimate of drug-likeness (QED) is 0.0481. The average Bonchev–Trinajstić information content (AvgIpc) is 1.72. The molecule has 7 heterocycles. The summed E-state index contributed by atoms with van der Waals surface area (Å²) in [5, 5.41) is 53.8. The molecule has 0 fully saturated rings. The summed E-state index contributed by atoms with van der Waals surface area (Å²) in [7, 11) is 1.66. The number of hydrogen-bond acceptors (Lipinski definition) is 34. The van der Waals surface area contributed by atoms with E-state index in [1.807, 2.05) is 217 Å². The van der Waals surface area contributed by atoms with Gasteiger partial charge in [-0.1, -0.05) is 206 Å². The number of nitrogen functional groups attached to an aromatic ring is 12. The van der Waals surface area contributed by atoms with Crippen LogP contribution >= 0.6 is 34.8 Å². The molecule has 34 nitrogen and oxygen atoms in total. The van der Waals surface area contributed by atoms with Crippen LogP contribution in [0.5, 0.6) is 28.7 Å². The molecule has 1 aliphatic heterocycles. The fourth-order valence-electron chi connectivity index (χ4n) is 14.6. The number of ether oxygens (including phenoxy) is 4. The molecular weight excluding hydrogens is 1700 g/mol. The van der Waals surface area contributed by atoms with Gasteiger partial charge in [-0.05, 0) is 173 Å². The highest BCUT2D eigenvalue weighted by Crippen LogP contribution is 2.50. The van der Waals surface area contributed by atoms with Crippen molar-refractivity contribution in [3.8, 4) is 39.9 Å². The van der Waals surface area contributed by atoms with E-state index in [2.05, 4.69) is 134 Å². The first-order valence-electron chi connectivity index (χ1n) is 39.8. The second-order valence-electron chi connectivity index (χ2n) is 30.2. The molecular formula is C92H87Cl3N30O4. The average molecular weight is 1780 g/mol. The lowest BCUT2D eigenvalue weighted by Gasteiger charge is -2.27. The molecule has 0 saturated carbocycles. The van der Waals surface area contributed by atoms with Crippen molar-refractivity contribution in [2.45, 2.75) is 69.5 Å². The predicted molar refractivity (Wildman–Crippen MR) is 503 cm³/mol. The lowest BCUT2D eigenvalue weighted by molar-refractivity contribution is 0.103. The van der Waals surface area contributed by atoms with Crippen LogP contribution in [0, 0.1) is 0 Å². The van der Waals surface area contributed by atoms with Gasteiger partial charge in [-0.25, -0.2) is 0 Å². The van der Waals surface area contributed by atoms with Crippen molar-refractivity contribution in [3.63, 3.8) is 0 Å². The Kier molecular flexibility index (Phi) is 26.8. The van der Waals surface area contributed by atoms with E-state index in [0.717, 1.165) is 72.4 Å². The standard InChI is InChI=1S/C16H13Cl2N5.C16H13N5O.2C16H17N5O.C16H13N5.C12H14ClN5O/c17-11-5-1-9(2-6-11)13(10-3-7-12(18)8-4-10)14-15(19)21-16(20)23-22-14;17-15-14(20-21-16(18)19-15)13-9-5-1-3-7-11(9)22-12-8-4-2-6-10(12)13;1-9(14-15(17)19-16(18)21-20-14)10-3-4-12-8-13(22-2)6-5-11(12)7-10;1-16(2,13-14(17)19-15(18)21-20-13)22-12-8-7-10-5-3-4-6-11(10)9-12;17-15-14(20-21-16(18)19-15)13-11-7-3-1-5-9(11)10-6-2-4-8-12(10)13;1-12(2,9-10(14)16-11(15)18-17-9)19-8-5-3-7(13)4-6-8/h1-8,13H,(H4,19,20,21,23);1-8,13H,(H4,17,18,19,21);2*3-9H,1-2H3,(H4,17,18,19,21);1-8,13H,(H4,17,18,19,21);3-6H,1-2H3,(H4,14,15,16,18). The van der Waals surface area contributed by atoms with E-state index in [9.17, 15) is 0 Å². The zero-order chi connectivity index (χ0) is 91.4. The van der Waals surface area contributed by atoms with Crippen LogP contribution in [0.2, 0.25) is 15.1 Å². The number of nitrogens with two attached hydrogens (primary N) is 12. The van der Waals surface area contributed by atoms with Gasteiger partial charge < -0.3 is 87.8 Å². The molecule has 650 valence electrons. The molecule has 24 N–H and O–H groups in total. The molecule has 37 heteroatoms. The van der Waals surface area contributed by atoms with Crippen molar-refractivity contribution < 1.29 is 18.9 Å². The largest absolute Gasteiger partial charge is 0.497 e. The Labute approximate surface area is 754 Å². The van der Waals surface area contributed by atoms with Crippen LogP contribution in [0.15, 0.2) is 249 Å². The molecule has 19 rings (SSSR count). The lowest BCUT2D eigenvalue weighted by atomic mass is 9.85. The normalized spacial score (nSPS) is 12.0. The summed E-state index contributed by atoms with van der Waals surface area (Å²) >= 11 is 17.8. The van der Waals surface area contributed by atoms with Gasteiger partial charge in [-0.15, -0.1) is 61.2 Å². The maximum absolute atomic E-state index is 6.05. The van der Waals surface area contributed by atoms with E-state index in [-0.39, 0.29) is 82.6 Å². The molecule has 0 bridgehead atoms. The monoisotopic (exact) mass is 1780 g/mol. The van der Waals surface area contributed by atoms with Crippen molar-refractivity contribution in [1.82, 2.24) is 91.1 Å². The second-order valence-corrected chi connectivity index (χ2v) is 31.5. The number of benzene rings is 11. The van der Waals surface area contributed by atoms with E-state index in [0.29, 0.717) is 66.6 Å². The number of hydrogen-bond donors (Lipinski definition) is 12. The van der Waals surface area contributed by atoms with Crippen LogP contribution in [0.4, 0.5) is 70.6 Å². The summed E-state index contributed by atoms with van der Waals surface area (Å²) in [6.45, 7) is 9.38. The Morgan fingerprint density at radius 3 is 1.11 bits per heavy atom. The molecule has 0 amide bonds. The third-order valence-electron chi connectivity index (χ3n) is 20.6. The maximum Gasteiger partial charge on any atom is 0.242 e. The van der Waals surface area contributed by atoms with Gasteiger partial charge in [-0.3, -0.25) is 0 Å². The smallest absolute Gasteiger partial charge is 0.242 e.